The van der Waals surface area contributed by atoms with Crippen LogP contribution in [0.15, 0.2) is 23.4 Å². The Labute approximate surface area is 120 Å². The molecule has 0 aliphatic rings. The van der Waals surface area contributed by atoms with Crippen molar-refractivity contribution >= 4 is 17.7 Å². The van der Waals surface area contributed by atoms with Crippen LogP contribution in [0.4, 0.5) is 0 Å². The molecule has 1 aromatic rings. The van der Waals surface area contributed by atoms with Gasteiger partial charge in [-0.3, -0.25) is 4.79 Å². The van der Waals surface area contributed by atoms with Crippen LogP contribution in [0.25, 0.3) is 0 Å². The first-order chi connectivity index (χ1) is 8.82. The minimum Gasteiger partial charge on any atom is -0.337 e. The monoisotopic (exact) mass is 280 g/mol. The maximum Gasteiger partial charge on any atom is 0.236 e. The Hall–Kier alpha value is -1.03. The third kappa shape index (κ3) is 4.53. The minimum absolute atomic E-state index is 0.111. The van der Waals surface area contributed by atoms with Crippen molar-refractivity contribution in [2.24, 2.45) is 0 Å². The van der Waals surface area contributed by atoms with E-state index in [-0.39, 0.29) is 23.2 Å². The topological polar surface area (TPSA) is 33.2 Å². The van der Waals surface area contributed by atoms with Crippen molar-refractivity contribution in [1.82, 2.24) is 9.88 Å². The van der Waals surface area contributed by atoms with Gasteiger partial charge in [-0.15, -0.1) is 0 Å². The van der Waals surface area contributed by atoms with Gasteiger partial charge in [-0.05, 0) is 53.2 Å². The lowest BCUT2D eigenvalue weighted by Gasteiger charge is -2.32. The molecule has 1 heterocycles. The van der Waals surface area contributed by atoms with Crippen molar-refractivity contribution in [2.45, 2.75) is 63.9 Å². The van der Waals surface area contributed by atoms with Crippen molar-refractivity contribution in [3.05, 3.63) is 23.9 Å². The zero-order valence-corrected chi connectivity index (χ0v) is 13.5. The third-order valence-corrected chi connectivity index (χ3v) is 3.93. The number of carbonyl (C=O) groups is 1. The maximum atomic E-state index is 12.5. The lowest BCUT2D eigenvalue weighted by molar-refractivity contribution is -0.133. The highest BCUT2D eigenvalue weighted by Gasteiger charge is 2.25. The van der Waals surface area contributed by atoms with E-state index in [4.69, 9.17) is 0 Å². The van der Waals surface area contributed by atoms with Gasteiger partial charge in [-0.2, -0.15) is 0 Å². The molecule has 0 spiro atoms. The first-order valence-corrected chi connectivity index (χ1v) is 7.62. The standard InChI is InChI=1S/C15H24N2OS/c1-10(2)17(11(3)4)15(18)13(6)19-14-8-7-12(5)9-16-14/h7-11,13H,1-6H3. The number of aromatic nitrogens is 1. The molecule has 19 heavy (non-hydrogen) atoms. The molecule has 0 aliphatic heterocycles. The van der Waals surface area contributed by atoms with Crippen LogP contribution in [-0.4, -0.2) is 33.1 Å². The van der Waals surface area contributed by atoms with E-state index in [1.807, 2.05) is 37.1 Å². The molecule has 0 aliphatic carbocycles. The summed E-state index contributed by atoms with van der Waals surface area (Å²) in [6.45, 7) is 12.2. The van der Waals surface area contributed by atoms with Crippen molar-refractivity contribution < 1.29 is 4.79 Å². The molecule has 0 saturated carbocycles. The first kappa shape index (κ1) is 16.0. The fourth-order valence-corrected chi connectivity index (χ4v) is 2.92. The SMILES string of the molecule is Cc1ccc(SC(C)C(=O)N(C(C)C)C(C)C)nc1. The van der Waals surface area contributed by atoms with Crippen LogP contribution in [0.3, 0.4) is 0 Å². The Morgan fingerprint density at radius 2 is 1.74 bits per heavy atom. The Morgan fingerprint density at radius 3 is 2.16 bits per heavy atom. The summed E-state index contributed by atoms with van der Waals surface area (Å²) in [5.41, 5.74) is 1.13. The molecule has 1 atom stereocenters. The molecule has 1 unspecified atom stereocenters. The van der Waals surface area contributed by atoms with E-state index in [9.17, 15) is 4.79 Å². The summed E-state index contributed by atoms with van der Waals surface area (Å²) in [6, 6.07) is 4.44. The van der Waals surface area contributed by atoms with Gasteiger partial charge in [0.1, 0.15) is 0 Å². The van der Waals surface area contributed by atoms with Crippen molar-refractivity contribution in [1.29, 1.82) is 0 Å². The predicted octanol–water partition coefficient (Wildman–Crippen LogP) is 3.52. The summed E-state index contributed by atoms with van der Waals surface area (Å²) >= 11 is 1.52. The fraction of sp³-hybridized carbons (Fsp3) is 0.600. The summed E-state index contributed by atoms with van der Waals surface area (Å²) in [5, 5.41) is 0.791. The zero-order chi connectivity index (χ0) is 14.6. The van der Waals surface area contributed by atoms with Gasteiger partial charge in [0.25, 0.3) is 0 Å². The lowest BCUT2D eigenvalue weighted by atomic mass is 10.2. The summed E-state index contributed by atoms with van der Waals surface area (Å²) < 4.78 is 0. The molecule has 1 aromatic heterocycles. The molecular formula is C15H24N2OS. The van der Waals surface area contributed by atoms with Crippen LogP contribution in [0.1, 0.15) is 40.2 Å². The van der Waals surface area contributed by atoms with E-state index in [1.54, 1.807) is 0 Å². The fourth-order valence-electron chi connectivity index (χ4n) is 2.07. The van der Waals surface area contributed by atoms with Crippen LogP contribution in [-0.2, 0) is 4.79 Å². The molecule has 0 radical (unpaired) electrons. The van der Waals surface area contributed by atoms with Crippen molar-refractivity contribution in [3.8, 4) is 0 Å². The molecule has 4 heteroatoms. The minimum atomic E-state index is -0.111. The molecule has 0 N–H and O–H groups in total. The Morgan fingerprint density at radius 1 is 1.16 bits per heavy atom. The van der Waals surface area contributed by atoms with Crippen LogP contribution >= 0.6 is 11.8 Å². The van der Waals surface area contributed by atoms with Crippen LogP contribution in [0.5, 0.6) is 0 Å². The van der Waals surface area contributed by atoms with E-state index in [1.165, 1.54) is 11.8 Å². The smallest absolute Gasteiger partial charge is 0.236 e. The van der Waals surface area contributed by atoms with Gasteiger partial charge in [-0.25, -0.2) is 4.98 Å². The van der Waals surface area contributed by atoms with E-state index in [0.717, 1.165) is 10.6 Å². The summed E-state index contributed by atoms with van der Waals surface area (Å²) in [4.78, 5) is 18.8. The lowest BCUT2D eigenvalue weighted by Crippen LogP contribution is -2.45. The molecule has 0 aromatic carbocycles. The van der Waals surface area contributed by atoms with Gasteiger partial charge in [0.15, 0.2) is 0 Å². The summed E-state index contributed by atoms with van der Waals surface area (Å²) in [5.74, 6) is 0.178. The average molecular weight is 280 g/mol. The quantitative estimate of drug-likeness (QED) is 0.774. The summed E-state index contributed by atoms with van der Waals surface area (Å²) in [7, 11) is 0. The Kier molecular flexibility index (Phi) is 5.85. The molecule has 1 amide bonds. The number of hydrogen-bond donors (Lipinski definition) is 0. The normalized spacial score (nSPS) is 12.8. The van der Waals surface area contributed by atoms with E-state index in [2.05, 4.69) is 32.7 Å². The number of amides is 1. The van der Waals surface area contributed by atoms with Crippen molar-refractivity contribution in [2.75, 3.05) is 0 Å². The number of aryl methyl sites for hydroxylation is 1. The maximum absolute atomic E-state index is 12.5. The van der Waals surface area contributed by atoms with Gasteiger partial charge in [0, 0.05) is 18.3 Å². The molecular weight excluding hydrogens is 256 g/mol. The van der Waals surface area contributed by atoms with Gasteiger partial charge in [0.05, 0.1) is 10.3 Å². The number of thioether (sulfide) groups is 1. The Bertz CT molecular complexity index is 407. The first-order valence-electron chi connectivity index (χ1n) is 6.74. The van der Waals surface area contributed by atoms with Crippen LogP contribution in [0.2, 0.25) is 0 Å². The van der Waals surface area contributed by atoms with Crippen molar-refractivity contribution in [3.63, 3.8) is 0 Å². The number of hydrogen-bond acceptors (Lipinski definition) is 3. The third-order valence-electron chi connectivity index (χ3n) is 2.90. The molecule has 3 nitrogen and oxygen atoms in total. The highest BCUT2D eigenvalue weighted by atomic mass is 32.2. The van der Waals surface area contributed by atoms with E-state index >= 15 is 0 Å². The molecule has 0 fully saturated rings. The number of pyridine rings is 1. The summed E-state index contributed by atoms with van der Waals surface area (Å²) in [6.07, 6.45) is 1.84. The van der Waals surface area contributed by atoms with Gasteiger partial charge in [0.2, 0.25) is 5.91 Å². The number of nitrogens with zero attached hydrogens (tertiary/aromatic N) is 2. The zero-order valence-electron chi connectivity index (χ0n) is 12.7. The van der Waals surface area contributed by atoms with Gasteiger partial charge >= 0.3 is 0 Å². The molecule has 106 valence electrons. The highest BCUT2D eigenvalue weighted by molar-refractivity contribution is 8.00. The van der Waals surface area contributed by atoms with E-state index < -0.39 is 0 Å². The number of rotatable bonds is 5. The van der Waals surface area contributed by atoms with Gasteiger partial charge < -0.3 is 4.90 Å². The average Bonchev–Trinajstić information content (AvgIpc) is 2.31. The highest BCUT2D eigenvalue weighted by Crippen LogP contribution is 2.24. The van der Waals surface area contributed by atoms with Crippen LogP contribution < -0.4 is 0 Å². The largest absolute Gasteiger partial charge is 0.337 e. The number of carbonyl (C=O) groups excluding carboxylic acids is 1. The molecule has 0 bridgehead atoms. The molecule has 1 rings (SSSR count). The predicted molar refractivity (Wildman–Crippen MR) is 81.4 cm³/mol. The second-order valence-corrected chi connectivity index (χ2v) is 6.73. The van der Waals surface area contributed by atoms with E-state index in [0.29, 0.717) is 0 Å². The second-order valence-electron chi connectivity index (χ2n) is 5.37. The molecule has 0 saturated heterocycles. The van der Waals surface area contributed by atoms with Gasteiger partial charge in [-0.1, -0.05) is 17.8 Å². The second kappa shape index (κ2) is 6.94. The Balaban J connectivity index is 2.73. The van der Waals surface area contributed by atoms with Crippen LogP contribution in [0, 0.1) is 6.92 Å².